The van der Waals surface area contributed by atoms with Gasteiger partial charge in [-0.3, -0.25) is 9.59 Å². The van der Waals surface area contributed by atoms with Gasteiger partial charge >= 0.3 is 0 Å². The van der Waals surface area contributed by atoms with Crippen molar-refractivity contribution in [1.29, 1.82) is 0 Å². The van der Waals surface area contributed by atoms with E-state index >= 15 is 0 Å². The van der Waals surface area contributed by atoms with Gasteiger partial charge in [-0.1, -0.05) is 6.07 Å². The molecule has 1 saturated carbocycles. The fourth-order valence-corrected chi connectivity index (χ4v) is 3.92. The number of hydrogen-bond acceptors (Lipinski definition) is 4. The first-order valence-electron chi connectivity index (χ1n) is 10.7. The highest BCUT2D eigenvalue weighted by Crippen LogP contribution is 2.28. The third-order valence-electron chi connectivity index (χ3n) is 6.06. The van der Waals surface area contributed by atoms with Crippen LogP contribution in [-0.2, 0) is 4.79 Å². The van der Waals surface area contributed by atoms with Gasteiger partial charge in [-0.15, -0.1) is 0 Å². The molecule has 7 heteroatoms. The zero-order valence-corrected chi connectivity index (χ0v) is 17.8. The average molecular weight is 400 g/mol. The van der Waals surface area contributed by atoms with Crippen LogP contribution in [0.3, 0.4) is 0 Å². The SMILES string of the molecule is CCN(C)C(=O)CNCC1CCC(CNC(=O)c2cn3c(C)cccc3n2)CC1. The van der Waals surface area contributed by atoms with Crippen molar-refractivity contribution in [2.75, 3.05) is 33.2 Å². The van der Waals surface area contributed by atoms with Crippen LogP contribution in [0.2, 0.25) is 0 Å². The number of rotatable bonds is 8. The molecule has 2 aromatic heterocycles. The molecule has 3 rings (SSSR count). The second-order valence-electron chi connectivity index (χ2n) is 8.16. The fourth-order valence-electron chi connectivity index (χ4n) is 3.92. The summed E-state index contributed by atoms with van der Waals surface area (Å²) in [6, 6.07) is 5.86. The number of fused-ring (bicyclic) bond motifs is 1. The van der Waals surface area contributed by atoms with Crippen molar-refractivity contribution in [3.63, 3.8) is 0 Å². The van der Waals surface area contributed by atoms with Crippen molar-refractivity contribution >= 4 is 17.5 Å². The van der Waals surface area contributed by atoms with E-state index in [1.54, 1.807) is 11.1 Å². The molecule has 29 heavy (non-hydrogen) atoms. The molecule has 0 atom stereocenters. The lowest BCUT2D eigenvalue weighted by atomic mass is 9.82. The Labute approximate surface area is 172 Å². The Morgan fingerprint density at radius 3 is 2.52 bits per heavy atom. The molecule has 0 spiro atoms. The molecule has 2 heterocycles. The van der Waals surface area contributed by atoms with Crippen molar-refractivity contribution in [3.05, 3.63) is 35.8 Å². The normalized spacial score (nSPS) is 19.3. The smallest absolute Gasteiger partial charge is 0.271 e. The highest BCUT2D eigenvalue weighted by Gasteiger charge is 2.22. The van der Waals surface area contributed by atoms with E-state index in [0.717, 1.165) is 50.1 Å². The van der Waals surface area contributed by atoms with Gasteiger partial charge in [0.25, 0.3) is 5.91 Å². The average Bonchev–Trinajstić information content (AvgIpc) is 3.18. The summed E-state index contributed by atoms with van der Waals surface area (Å²) >= 11 is 0. The van der Waals surface area contributed by atoms with Gasteiger partial charge in [-0.25, -0.2) is 4.98 Å². The molecule has 1 fully saturated rings. The maximum Gasteiger partial charge on any atom is 0.271 e. The standard InChI is InChI=1S/C22H33N5O2/c1-4-26(3)21(28)14-23-12-17-8-10-18(11-9-17)13-24-22(29)19-15-27-16(2)6-5-7-20(27)25-19/h5-7,15,17-18,23H,4,8-14H2,1-3H3,(H,24,29). The van der Waals surface area contributed by atoms with Gasteiger partial charge in [-0.2, -0.15) is 0 Å². The van der Waals surface area contributed by atoms with E-state index in [9.17, 15) is 9.59 Å². The first-order chi connectivity index (χ1) is 14.0. The molecule has 158 valence electrons. The van der Waals surface area contributed by atoms with Crippen molar-refractivity contribution in [2.45, 2.75) is 39.5 Å². The Balaban J connectivity index is 1.38. The predicted octanol–water partition coefficient (Wildman–Crippen LogP) is 2.25. The number of nitrogens with one attached hydrogen (secondary N) is 2. The number of carbonyl (C=O) groups excluding carboxylic acids is 2. The Bertz CT molecular complexity index is 839. The van der Waals surface area contributed by atoms with Crippen LogP contribution in [0, 0.1) is 18.8 Å². The van der Waals surface area contributed by atoms with E-state index in [4.69, 9.17) is 0 Å². The summed E-state index contributed by atoms with van der Waals surface area (Å²) in [6.45, 7) is 6.73. The van der Waals surface area contributed by atoms with Gasteiger partial charge in [0.2, 0.25) is 5.91 Å². The van der Waals surface area contributed by atoms with Crippen LogP contribution in [0.5, 0.6) is 0 Å². The summed E-state index contributed by atoms with van der Waals surface area (Å²) in [6.07, 6.45) is 6.30. The number of amides is 2. The molecular weight excluding hydrogens is 366 g/mol. The van der Waals surface area contributed by atoms with E-state index in [0.29, 0.717) is 30.6 Å². The molecule has 0 unspecified atom stereocenters. The number of hydrogen-bond donors (Lipinski definition) is 2. The third-order valence-corrected chi connectivity index (χ3v) is 6.06. The van der Waals surface area contributed by atoms with E-state index in [1.807, 2.05) is 43.5 Å². The van der Waals surface area contributed by atoms with Crippen LogP contribution in [0.4, 0.5) is 0 Å². The third kappa shape index (κ3) is 5.56. The van der Waals surface area contributed by atoms with Crippen LogP contribution in [0.1, 0.15) is 48.8 Å². The Kier molecular flexibility index (Phi) is 7.25. The van der Waals surface area contributed by atoms with Gasteiger partial charge in [0.05, 0.1) is 6.54 Å². The molecule has 1 aliphatic carbocycles. The maximum atomic E-state index is 12.5. The van der Waals surface area contributed by atoms with Gasteiger partial charge in [-0.05, 0) is 70.0 Å². The van der Waals surface area contributed by atoms with Gasteiger partial charge < -0.3 is 19.9 Å². The molecule has 7 nitrogen and oxygen atoms in total. The summed E-state index contributed by atoms with van der Waals surface area (Å²) in [4.78, 5) is 30.5. The van der Waals surface area contributed by atoms with E-state index < -0.39 is 0 Å². The minimum Gasteiger partial charge on any atom is -0.350 e. The highest BCUT2D eigenvalue weighted by atomic mass is 16.2. The van der Waals surface area contributed by atoms with Gasteiger partial charge in [0, 0.05) is 32.0 Å². The van der Waals surface area contributed by atoms with Crippen molar-refractivity contribution in [2.24, 2.45) is 11.8 Å². The predicted molar refractivity (Wildman–Crippen MR) is 114 cm³/mol. The minimum absolute atomic E-state index is 0.101. The molecule has 0 aromatic carbocycles. The van der Waals surface area contributed by atoms with Crippen LogP contribution >= 0.6 is 0 Å². The first-order valence-corrected chi connectivity index (χ1v) is 10.7. The summed E-state index contributed by atoms with van der Waals surface area (Å²) in [5, 5.41) is 6.36. The lowest BCUT2D eigenvalue weighted by Gasteiger charge is -2.29. The molecule has 1 aliphatic rings. The first kappa shape index (κ1) is 21.3. The highest BCUT2D eigenvalue weighted by molar-refractivity contribution is 5.92. The van der Waals surface area contributed by atoms with Crippen LogP contribution in [-0.4, -0.2) is 59.3 Å². The lowest BCUT2D eigenvalue weighted by molar-refractivity contribution is -0.128. The Morgan fingerprint density at radius 1 is 1.17 bits per heavy atom. The van der Waals surface area contributed by atoms with E-state index in [-0.39, 0.29) is 11.8 Å². The monoisotopic (exact) mass is 399 g/mol. The molecular formula is C22H33N5O2. The number of aromatic nitrogens is 2. The Morgan fingerprint density at radius 2 is 1.86 bits per heavy atom. The number of aryl methyl sites for hydroxylation is 1. The van der Waals surface area contributed by atoms with E-state index in [2.05, 4.69) is 15.6 Å². The molecule has 0 aliphatic heterocycles. The zero-order valence-electron chi connectivity index (χ0n) is 17.8. The molecule has 2 aromatic rings. The molecule has 0 saturated heterocycles. The van der Waals surface area contributed by atoms with Crippen LogP contribution < -0.4 is 10.6 Å². The number of likely N-dealkylation sites (N-methyl/N-ethyl adjacent to an activating group) is 1. The topological polar surface area (TPSA) is 78.7 Å². The summed E-state index contributed by atoms with van der Waals surface area (Å²) in [7, 11) is 1.83. The quantitative estimate of drug-likeness (QED) is 0.714. The number of carbonyl (C=O) groups is 2. The van der Waals surface area contributed by atoms with Gasteiger partial charge in [0.15, 0.2) is 0 Å². The fraction of sp³-hybridized carbons (Fsp3) is 0.591. The summed E-state index contributed by atoms with van der Waals surface area (Å²) in [5.41, 5.74) is 2.33. The van der Waals surface area contributed by atoms with Crippen molar-refractivity contribution in [3.8, 4) is 0 Å². The van der Waals surface area contributed by atoms with Crippen LogP contribution in [0.25, 0.3) is 5.65 Å². The number of nitrogens with zero attached hydrogens (tertiary/aromatic N) is 3. The lowest BCUT2D eigenvalue weighted by Crippen LogP contribution is -2.38. The van der Waals surface area contributed by atoms with Crippen molar-refractivity contribution in [1.82, 2.24) is 24.9 Å². The molecule has 2 N–H and O–H groups in total. The number of imidazole rings is 1. The van der Waals surface area contributed by atoms with Crippen LogP contribution in [0.15, 0.2) is 24.4 Å². The molecule has 2 amide bonds. The second kappa shape index (κ2) is 9.87. The molecule has 0 bridgehead atoms. The van der Waals surface area contributed by atoms with Gasteiger partial charge in [0.1, 0.15) is 11.3 Å². The van der Waals surface area contributed by atoms with E-state index in [1.165, 1.54) is 0 Å². The summed E-state index contributed by atoms with van der Waals surface area (Å²) in [5.74, 6) is 1.17. The largest absolute Gasteiger partial charge is 0.350 e. The molecule has 0 radical (unpaired) electrons. The number of pyridine rings is 1. The zero-order chi connectivity index (χ0) is 20.8. The minimum atomic E-state index is -0.101. The summed E-state index contributed by atoms with van der Waals surface area (Å²) < 4.78 is 1.94. The maximum absolute atomic E-state index is 12.5. The van der Waals surface area contributed by atoms with Crippen molar-refractivity contribution < 1.29 is 9.59 Å². The Hall–Kier alpha value is -2.41. The second-order valence-corrected chi connectivity index (χ2v) is 8.16.